The van der Waals surface area contributed by atoms with Crippen molar-refractivity contribution in [1.29, 1.82) is 5.26 Å². The van der Waals surface area contributed by atoms with Gasteiger partial charge in [-0.2, -0.15) is 5.26 Å². The molecule has 1 atom stereocenters. The Morgan fingerprint density at radius 2 is 2.06 bits per heavy atom. The SMILES string of the molecule is CC(O)c1ccc(C#N)cc1SC1CCCCC1. The third kappa shape index (κ3) is 3.28. The second-order valence-corrected chi connectivity index (χ2v) is 6.26. The normalized spacial score (nSPS) is 18.3. The smallest absolute Gasteiger partial charge is 0.0992 e. The number of hydrogen-bond acceptors (Lipinski definition) is 3. The van der Waals surface area contributed by atoms with E-state index in [4.69, 9.17) is 5.26 Å². The summed E-state index contributed by atoms with van der Waals surface area (Å²) in [6.07, 6.45) is 5.99. The highest BCUT2D eigenvalue weighted by Crippen LogP contribution is 2.37. The van der Waals surface area contributed by atoms with E-state index in [0.717, 1.165) is 10.5 Å². The molecule has 3 heteroatoms. The molecule has 0 aliphatic heterocycles. The average molecular weight is 261 g/mol. The first-order valence-corrected chi connectivity index (χ1v) is 7.47. The van der Waals surface area contributed by atoms with E-state index in [1.54, 1.807) is 13.0 Å². The zero-order chi connectivity index (χ0) is 13.0. The van der Waals surface area contributed by atoms with E-state index in [9.17, 15) is 5.11 Å². The van der Waals surface area contributed by atoms with E-state index in [1.165, 1.54) is 32.1 Å². The van der Waals surface area contributed by atoms with E-state index in [-0.39, 0.29) is 0 Å². The van der Waals surface area contributed by atoms with Crippen molar-refractivity contribution in [1.82, 2.24) is 0 Å². The van der Waals surface area contributed by atoms with Gasteiger partial charge in [-0.3, -0.25) is 0 Å². The summed E-state index contributed by atoms with van der Waals surface area (Å²) in [5.41, 5.74) is 1.63. The van der Waals surface area contributed by atoms with Gasteiger partial charge in [0.15, 0.2) is 0 Å². The number of nitrogens with zero attached hydrogens (tertiary/aromatic N) is 1. The zero-order valence-electron chi connectivity index (χ0n) is 10.7. The Balaban J connectivity index is 2.20. The number of hydrogen-bond donors (Lipinski definition) is 1. The summed E-state index contributed by atoms with van der Waals surface area (Å²) >= 11 is 1.84. The molecule has 2 rings (SSSR count). The van der Waals surface area contributed by atoms with Crippen molar-refractivity contribution in [3.8, 4) is 6.07 Å². The van der Waals surface area contributed by atoms with Crippen LogP contribution in [0.4, 0.5) is 0 Å². The van der Waals surface area contributed by atoms with Crippen molar-refractivity contribution in [3.05, 3.63) is 29.3 Å². The molecule has 0 heterocycles. The lowest BCUT2D eigenvalue weighted by Gasteiger charge is -2.22. The predicted molar refractivity (Wildman–Crippen MR) is 74.5 cm³/mol. The molecule has 1 saturated carbocycles. The van der Waals surface area contributed by atoms with Gasteiger partial charge < -0.3 is 5.11 Å². The van der Waals surface area contributed by atoms with Gasteiger partial charge in [-0.25, -0.2) is 0 Å². The number of rotatable bonds is 3. The first kappa shape index (κ1) is 13.5. The molecule has 0 radical (unpaired) electrons. The van der Waals surface area contributed by atoms with Gasteiger partial charge in [0.05, 0.1) is 17.7 Å². The van der Waals surface area contributed by atoms with Crippen molar-refractivity contribution >= 4 is 11.8 Å². The third-order valence-corrected chi connectivity index (χ3v) is 4.85. The van der Waals surface area contributed by atoms with E-state index in [1.807, 2.05) is 23.9 Å². The molecule has 0 amide bonds. The Morgan fingerprint density at radius 1 is 1.33 bits per heavy atom. The van der Waals surface area contributed by atoms with Crippen LogP contribution >= 0.6 is 11.8 Å². The monoisotopic (exact) mass is 261 g/mol. The lowest BCUT2D eigenvalue weighted by Crippen LogP contribution is -2.08. The second-order valence-electron chi connectivity index (χ2n) is 4.92. The minimum absolute atomic E-state index is 0.469. The molecule has 1 aliphatic rings. The number of nitriles is 1. The van der Waals surface area contributed by atoms with Crippen LogP contribution in [0.2, 0.25) is 0 Å². The second kappa shape index (κ2) is 6.26. The average Bonchev–Trinajstić information content (AvgIpc) is 2.39. The van der Waals surface area contributed by atoms with E-state index in [2.05, 4.69) is 6.07 Å². The fourth-order valence-corrected chi connectivity index (χ4v) is 3.91. The maximum atomic E-state index is 9.80. The highest BCUT2D eigenvalue weighted by atomic mass is 32.2. The molecule has 0 spiro atoms. The maximum Gasteiger partial charge on any atom is 0.0992 e. The van der Waals surface area contributed by atoms with Crippen molar-refractivity contribution in [2.24, 2.45) is 0 Å². The molecular weight excluding hydrogens is 242 g/mol. The van der Waals surface area contributed by atoms with Crippen molar-refractivity contribution in [2.45, 2.75) is 55.3 Å². The van der Waals surface area contributed by atoms with Crippen molar-refractivity contribution in [3.63, 3.8) is 0 Å². The van der Waals surface area contributed by atoms with Crippen LogP contribution in [0.1, 0.15) is 56.3 Å². The predicted octanol–water partition coefficient (Wildman–Crippen LogP) is 4.04. The minimum Gasteiger partial charge on any atom is -0.389 e. The van der Waals surface area contributed by atoms with Crippen LogP contribution in [0.3, 0.4) is 0 Å². The Morgan fingerprint density at radius 3 is 2.67 bits per heavy atom. The Hall–Kier alpha value is -0.980. The van der Waals surface area contributed by atoms with Gasteiger partial charge in [-0.05, 0) is 37.5 Å². The highest BCUT2D eigenvalue weighted by molar-refractivity contribution is 8.00. The van der Waals surface area contributed by atoms with Gasteiger partial charge >= 0.3 is 0 Å². The molecule has 1 fully saturated rings. The topological polar surface area (TPSA) is 44.0 Å². The van der Waals surface area contributed by atoms with E-state index in [0.29, 0.717) is 10.8 Å². The summed E-state index contributed by atoms with van der Waals surface area (Å²) in [5, 5.41) is 19.4. The van der Waals surface area contributed by atoms with E-state index < -0.39 is 6.10 Å². The fourth-order valence-electron chi connectivity index (χ4n) is 2.41. The lowest BCUT2D eigenvalue weighted by atomic mass is 10.0. The van der Waals surface area contributed by atoms with Gasteiger partial charge in [0.2, 0.25) is 0 Å². The van der Waals surface area contributed by atoms with Crippen LogP contribution in [-0.2, 0) is 0 Å². The Labute approximate surface area is 113 Å². The molecule has 0 bridgehead atoms. The zero-order valence-corrected chi connectivity index (χ0v) is 11.5. The summed E-state index contributed by atoms with van der Waals surface area (Å²) in [4.78, 5) is 1.08. The standard InChI is InChI=1S/C15H19NOS/c1-11(17)14-8-7-12(10-16)9-15(14)18-13-5-3-2-4-6-13/h7-9,11,13,17H,2-6H2,1H3. The Bertz CT molecular complexity index is 444. The number of aliphatic hydroxyl groups is 1. The number of thioether (sulfide) groups is 1. The molecule has 1 aromatic rings. The van der Waals surface area contributed by atoms with Crippen molar-refractivity contribution in [2.75, 3.05) is 0 Å². The van der Waals surface area contributed by atoms with Gasteiger partial charge in [0.1, 0.15) is 0 Å². The molecule has 18 heavy (non-hydrogen) atoms. The highest BCUT2D eigenvalue weighted by Gasteiger charge is 2.18. The maximum absolute atomic E-state index is 9.80. The Kier molecular flexibility index (Phi) is 4.68. The molecule has 1 N–H and O–H groups in total. The van der Waals surface area contributed by atoms with Gasteiger partial charge in [-0.15, -0.1) is 11.8 Å². The van der Waals surface area contributed by atoms with Crippen LogP contribution in [0, 0.1) is 11.3 Å². The first-order valence-electron chi connectivity index (χ1n) is 6.59. The third-order valence-electron chi connectivity index (χ3n) is 3.44. The summed E-state index contributed by atoms with van der Waals surface area (Å²) < 4.78 is 0. The lowest BCUT2D eigenvalue weighted by molar-refractivity contribution is 0.196. The first-order chi connectivity index (χ1) is 8.70. The van der Waals surface area contributed by atoms with Gasteiger partial charge in [0, 0.05) is 10.1 Å². The molecule has 96 valence electrons. The summed E-state index contributed by atoms with van der Waals surface area (Å²) in [5.74, 6) is 0. The molecule has 1 unspecified atom stereocenters. The van der Waals surface area contributed by atoms with Crippen LogP contribution in [-0.4, -0.2) is 10.4 Å². The van der Waals surface area contributed by atoms with Crippen LogP contribution in [0.15, 0.2) is 23.1 Å². The van der Waals surface area contributed by atoms with Crippen molar-refractivity contribution < 1.29 is 5.11 Å². The van der Waals surface area contributed by atoms with Gasteiger partial charge in [-0.1, -0.05) is 25.3 Å². The molecule has 0 saturated heterocycles. The molecular formula is C15H19NOS. The fraction of sp³-hybridized carbons (Fsp3) is 0.533. The molecule has 2 nitrogen and oxygen atoms in total. The van der Waals surface area contributed by atoms with Crippen LogP contribution in [0.5, 0.6) is 0 Å². The number of benzene rings is 1. The largest absolute Gasteiger partial charge is 0.389 e. The molecule has 1 aliphatic carbocycles. The summed E-state index contributed by atoms with van der Waals surface area (Å²) in [6, 6.07) is 7.76. The summed E-state index contributed by atoms with van der Waals surface area (Å²) in [7, 11) is 0. The van der Waals surface area contributed by atoms with Gasteiger partial charge in [0.25, 0.3) is 0 Å². The summed E-state index contributed by atoms with van der Waals surface area (Å²) in [6.45, 7) is 1.78. The van der Waals surface area contributed by atoms with Crippen LogP contribution < -0.4 is 0 Å². The quantitative estimate of drug-likeness (QED) is 0.893. The minimum atomic E-state index is -0.469. The van der Waals surface area contributed by atoms with E-state index >= 15 is 0 Å². The molecule has 1 aromatic carbocycles. The number of aliphatic hydroxyl groups excluding tert-OH is 1. The van der Waals surface area contributed by atoms with Crippen LogP contribution in [0.25, 0.3) is 0 Å². The molecule has 0 aromatic heterocycles.